The summed E-state index contributed by atoms with van der Waals surface area (Å²) < 4.78 is 21.4. The number of Topliss-reactive ketones (excluding diaryl/α,β-unsaturated/α-hetero) is 2. The van der Waals surface area contributed by atoms with E-state index >= 15 is 0 Å². The Hall–Kier alpha value is -4.17. The highest BCUT2D eigenvalue weighted by Gasteiger charge is 2.43. The van der Waals surface area contributed by atoms with E-state index in [4.69, 9.17) is 9.47 Å². The first-order chi connectivity index (χ1) is 33.7. The zero-order valence-electron chi connectivity index (χ0n) is 46.6. The number of cyclic esters (lactones) is 2. The maximum atomic E-state index is 13.5. The molecule has 0 fully saturated rings. The smallest absolute Gasteiger partial charge is 0.309 e. The summed E-state index contributed by atoms with van der Waals surface area (Å²) in [5.41, 5.74) is 4.06. The molecule has 13 heteroatoms. The number of alkyl halides is 1. The normalized spacial score (nSPS) is 31.2. The first-order valence-corrected chi connectivity index (χ1v) is 27.6. The van der Waals surface area contributed by atoms with Crippen molar-refractivity contribution in [2.24, 2.45) is 46.3 Å². The van der Waals surface area contributed by atoms with Gasteiger partial charge in [0.2, 0.25) is 0 Å². The van der Waals surface area contributed by atoms with Gasteiger partial charge in [-0.05, 0) is 100 Å². The van der Waals surface area contributed by atoms with Gasteiger partial charge in [-0.2, -0.15) is 0 Å². The van der Waals surface area contributed by atoms with Gasteiger partial charge in [-0.25, -0.2) is 9.97 Å². The Balaban J connectivity index is 0.000000477. The molecule has 4 rings (SSSR count). The average Bonchev–Trinajstić information content (AvgIpc) is 3.96. The molecule has 2 aliphatic heterocycles. The number of hydrogen-bond donors (Lipinski definition) is 2. The Morgan fingerprint density at radius 2 is 1.08 bits per heavy atom. The fourth-order valence-corrected chi connectivity index (χ4v) is 10.0. The maximum absolute atomic E-state index is 13.5. The van der Waals surface area contributed by atoms with Crippen LogP contribution in [0.4, 0.5) is 4.39 Å². The number of carbonyl (C=O) groups excluding carboxylic acids is 4. The number of aromatic nitrogens is 2. The van der Waals surface area contributed by atoms with Gasteiger partial charge in [0.15, 0.2) is 0 Å². The van der Waals surface area contributed by atoms with Crippen LogP contribution in [0.3, 0.4) is 0 Å². The molecule has 2 aromatic heterocycles. The van der Waals surface area contributed by atoms with Gasteiger partial charge >= 0.3 is 11.9 Å². The molecule has 72 heavy (non-hydrogen) atoms. The van der Waals surface area contributed by atoms with Gasteiger partial charge in [-0.3, -0.25) is 23.6 Å². The first-order valence-electron chi connectivity index (χ1n) is 25.9. The van der Waals surface area contributed by atoms with E-state index in [2.05, 4.69) is 62.0 Å². The highest BCUT2D eigenvalue weighted by molar-refractivity contribution is 7.09. The van der Waals surface area contributed by atoms with Gasteiger partial charge < -0.3 is 19.7 Å². The number of aliphatic hydroxyl groups excluding tert-OH is 2. The SMILES string of the molecule is CCC1=C/C[C@@H](/C(C)=C/c2csc(C)n2)OC(=O)C[C@H](C)C(C)(C)C(=O)[C@H](C)[C@@H](C)[C@@H](C)C\C=C\1.CCC1=C/C[C@@H](/C(C)=C/c2csc(C)n2)OC(=O)C[C@H](O)C(C)(C)C(=O)[C@H](C)[C@@H](O)[C@@H](C)C\C=C\1.CF. The fourth-order valence-electron chi connectivity index (χ4n) is 8.89. The topological polar surface area (TPSA) is 153 Å². The number of ether oxygens (including phenoxy) is 2. The summed E-state index contributed by atoms with van der Waals surface area (Å²) in [5.74, 6) is -1.20. The number of aliphatic hydroxyl groups is 2. The van der Waals surface area contributed by atoms with E-state index in [0.717, 1.165) is 57.4 Å². The lowest BCUT2D eigenvalue weighted by molar-refractivity contribution is -0.154. The van der Waals surface area contributed by atoms with Crippen LogP contribution in [0.25, 0.3) is 12.2 Å². The summed E-state index contributed by atoms with van der Waals surface area (Å²) >= 11 is 3.17. The molecule has 10 nitrogen and oxygen atoms in total. The van der Waals surface area contributed by atoms with E-state index in [1.165, 1.54) is 5.57 Å². The second kappa shape index (κ2) is 30.3. The van der Waals surface area contributed by atoms with E-state index in [1.54, 1.807) is 43.4 Å². The van der Waals surface area contributed by atoms with Crippen LogP contribution in [0.2, 0.25) is 0 Å². The maximum Gasteiger partial charge on any atom is 0.309 e. The standard InChI is InChI=1S/C30H45NO3S.C28H41NO5S.CH3F/c1-10-25-13-11-12-19(2)22(5)23(6)29(33)30(8,9)21(4)17-28(32)34-27(15-14-25)20(3)16-26-18-35-24(7)31-26;1-8-21-11-9-10-17(2)26(32)19(4)27(33)28(6,7)24(30)15-25(31)34-23(13-12-21)18(3)14-22-16-35-20(5)29-22;1-2/h11,13-14,16,18-19,21-23,27H,10,12,15,17H2,1-9H3;9,11-12,14,16-17,19,23-24,26,30,32H,8,10,13,15H2,1-7H3;1H3/b13-11+,20-16+,25-14-;11-9+,18-14+,21-12-;/t19-,21-,22-,23+,27-;17-,19+,23-,24-,26-;/m00./s1. The molecule has 10 atom stereocenters. The van der Waals surface area contributed by atoms with Gasteiger partial charge in [-0.1, -0.05) is 131 Å². The monoisotopic (exact) mass is 1040 g/mol. The molecule has 0 aliphatic carbocycles. The second-order valence-corrected chi connectivity index (χ2v) is 23.3. The van der Waals surface area contributed by atoms with Crippen molar-refractivity contribution >= 4 is 58.3 Å². The van der Waals surface area contributed by atoms with Crippen LogP contribution in [0.1, 0.15) is 170 Å². The molecule has 0 unspecified atom stereocenters. The van der Waals surface area contributed by atoms with Crippen LogP contribution in [0.5, 0.6) is 0 Å². The van der Waals surface area contributed by atoms with Crippen LogP contribution in [0, 0.1) is 60.2 Å². The summed E-state index contributed by atoms with van der Waals surface area (Å²) in [6, 6.07) is 0. The van der Waals surface area contributed by atoms with Crippen molar-refractivity contribution in [3.05, 3.63) is 90.9 Å². The zero-order valence-corrected chi connectivity index (χ0v) is 48.3. The molecule has 2 N–H and O–H groups in total. The van der Waals surface area contributed by atoms with Gasteiger partial charge in [0.1, 0.15) is 23.8 Å². The Morgan fingerprint density at radius 3 is 1.50 bits per heavy atom. The van der Waals surface area contributed by atoms with Gasteiger partial charge in [0.25, 0.3) is 0 Å². The lowest BCUT2D eigenvalue weighted by Gasteiger charge is -2.36. The number of aryl methyl sites for hydroxylation is 2. The quantitative estimate of drug-likeness (QED) is 0.267. The Kier molecular flexibility index (Phi) is 26.9. The number of allylic oxidation sites excluding steroid dienone is 6. The van der Waals surface area contributed by atoms with Crippen molar-refractivity contribution in [1.29, 1.82) is 0 Å². The van der Waals surface area contributed by atoms with E-state index in [9.17, 15) is 33.8 Å². The molecule has 0 bridgehead atoms. The number of nitrogens with zero attached hydrogens (tertiary/aromatic N) is 2. The first kappa shape index (κ1) is 63.9. The van der Waals surface area contributed by atoms with E-state index in [-0.39, 0.29) is 60.2 Å². The Labute approximate surface area is 440 Å². The predicted molar refractivity (Wildman–Crippen MR) is 295 cm³/mol. The molecule has 0 saturated heterocycles. The lowest BCUT2D eigenvalue weighted by Crippen LogP contribution is -2.45. The minimum atomic E-state index is -1.23. The van der Waals surface area contributed by atoms with Crippen molar-refractivity contribution in [3.63, 3.8) is 0 Å². The summed E-state index contributed by atoms with van der Waals surface area (Å²) in [5, 5.41) is 27.6. The van der Waals surface area contributed by atoms with Crippen molar-refractivity contribution in [2.75, 3.05) is 7.18 Å². The summed E-state index contributed by atoms with van der Waals surface area (Å²) in [7, 11) is 0.500. The van der Waals surface area contributed by atoms with E-state index in [1.807, 2.05) is 97.4 Å². The number of esters is 2. The largest absolute Gasteiger partial charge is 0.457 e. The highest BCUT2D eigenvalue weighted by Crippen LogP contribution is 2.38. The number of hydrogen-bond acceptors (Lipinski definition) is 12. The summed E-state index contributed by atoms with van der Waals surface area (Å²) in [4.78, 5) is 61.7. The number of halogens is 1. The zero-order chi connectivity index (χ0) is 54.7. The molecule has 402 valence electrons. The van der Waals surface area contributed by atoms with Crippen LogP contribution < -0.4 is 0 Å². The van der Waals surface area contributed by atoms with Gasteiger partial charge in [-0.15, -0.1) is 22.7 Å². The molecule has 4 heterocycles. The van der Waals surface area contributed by atoms with Crippen LogP contribution in [-0.4, -0.2) is 75.3 Å². The van der Waals surface area contributed by atoms with Crippen molar-refractivity contribution in [3.8, 4) is 0 Å². The van der Waals surface area contributed by atoms with Crippen molar-refractivity contribution < 1.29 is 43.3 Å². The van der Waals surface area contributed by atoms with Crippen LogP contribution in [0.15, 0.2) is 69.5 Å². The third-order valence-corrected chi connectivity index (χ3v) is 16.6. The number of ketones is 2. The second-order valence-electron chi connectivity index (χ2n) is 21.2. The number of carbonyl (C=O) groups is 4. The fraction of sp³-hybridized carbons (Fsp3) is 0.627. The third kappa shape index (κ3) is 19.3. The molecular weight excluding hydrogens is 948 g/mol. The van der Waals surface area contributed by atoms with E-state index in [0.29, 0.717) is 32.4 Å². The molecule has 2 aromatic rings. The van der Waals surface area contributed by atoms with E-state index < -0.39 is 41.0 Å². The summed E-state index contributed by atoms with van der Waals surface area (Å²) in [6.45, 7) is 31.3. The highest BCUT2D eigenvalue weighted by atomic mass is 32.1. The molecule has 0 saturated carbocycles. The number of thiazole rings is 2. The Bertz CT molecular complexity index is 2110. The van der Waals surface area contributed by atoms with Crippen molar-refractivity contribution in [1.82, 2.24) is 9.97 Å². The van der Waals surface area contributed by atoms with Crippen molar-refractivity contribution in [2.45, 2.75) is 187 Å². The Morgan fingerprint density at radius 1 is 0.667 bits per heavy atom. The molecule has 0 spiro atoms. The summed E-state index contributed by atoms with van der Waals surface area (Å²) in [6.07, 6.45) is 18.0. The van der Waals surface area contributed by atoms with Crippen LogP contribution in [-0.2, 0) is 28.7 Å². The molecule has 0 radical (unpaired) electrons. The minimum absolute atomic E-state index is 0.0690. The number of rotatable bonds is 6. The molecule has 2 aliphatic rings. The third-order valence-electron chi connectivity index (χ3n) is 15.0. The predicted octanol–water partition coefficient (Wildman–Crippen LogP) is 14.0. The van der Waals surface area contributed by atoms with Crippen LogP contribution >= 0.6 is 22.7 Å². The van der Waals surface area contributed by atoms with Gasteiger partial charge in [0, 0.05) is 47.3 Å². The molecular formula is C59H89FN2O8S2. The van der Waals surface area contributed by atoms with Gasteiger partial charge in [0.05, 0.1) is 52.6 Å². The molecule has 0 aromatic carbocycles. The molecule has 0 amide bonds. The minimum Gasteiger partial charge on any atom is -0.457 e. The average molecular weight is 1040 g/mol. The lowest BCUT2D eigenvalue weighted by atomic mass is 9.67.